The van der Waals surface area contributed by atoms with Gasteiger partial charge in [-0.15, -0.1) is 11.8 Å². The van der Waals surface area contributed by atoms with Crippen LogP contribution in [0.4, 0.5) is 5.69 Å². The highest BCUT2D eigenvalue weighted by Gasteiger charge is 2.05. The molecule has 0 bridgehead atoms. The lowest BCUT2D eigenvalue weighted by Gasteiger charge is -2.11. The molecule has 0 spiro atoms. The number of rotatable bonds is 8. The summed E-state index contributed by atoms with van der Waals surface area (Å²) in [5.41, 5.74) is 4.14. The highest BCUT2D eigenvalue weighted by Crippen LogP contribution is 2.16. The summed E-state index contributed by atoms with van der Waals surface area (Å²) in [7, 11) is 3.98. The maximum absolute atomic E-state index is 12.4. The van der Waals surface area contributed by atoms with E-state index in [1.54, 1.807) is 60.3 Å². The first-order chi connectivity index (χ1) is 15.0. The SMILES string of the molecule is CSc1ccc(/C=C/C(=O)c2ccc(C(=O)/C=C/c3ccc(N(C)C)cc3)cc2)cc1. The van der Waals surface area contributed by atoms with Gasteiger partial charge in [-0.25, -0.2) is 0 Å². The van der Waals surface area contributed by atoms with Gasteiger partial charge in [0, 0.05) is 35.8 Å². The smallest absolute Gasteiger partial charge is 0.185 e. The number of hydrogen-bond acceptors (Lipinski definition) is 4. The second kappa shape index (κ2) is 10.6. The summed E-state index contributed by atoms with van der Waals surface area (Å²) in [6.07, 6.45) is 8.74. The molecule has 0 aliphatic carbocycles. The van der Waals surface area contributed by atoms with Gasteiger partial charge in [-0.05, 0) is 53.8 Å². The van der Waals surface area contributed by atoms with E-state index >= 15 is 0 Å². The maximum Gasteiger partial charge on any atom is 0.185 e. The van der Waals surface area contributed by atoms with Gasteiger partial charge in [0.25, 0.3) is 0 Å². The number of hydrogen-bond donors (Lipinski definition) is 0. The van der Waals surface area contributed by atoms with Gasteiger partial charge in [0.2, 0.25) is 0 Å². The third-order valence-electron chi connectivity index (χ3n) is 4.83. The Bertz CT molecular complexity index is 1090. The summed E-state index contributed by atoms with van der Waals surface area (Å²) >= 11 is 1.68. The van der Waals surface area contributed by atoms with Crippen molar-refractivity contribution in [1.82, 2.24) is 0 Å². The van der Waals surface area contributed by atoms with E-state index in [9.17, 15) is 9.59 Å². The van der Waals surface area contributed by atoms with Crippen molar-refractivity contribution in [1.29, 1.82) is 0 Å². The lowest BCUT2D eigenvalue weighted by Crippen LogP contribution is -2.07. The van der Waals surface area contributed by atoms with Gasteiger partial charge in [-0.2, -0.15) is 0 Å². The van der Waals surface area contributed by atoms with Crippen LogP contribution >= 0.6 is 11.8 Å². The van der Waals surface area contributed by atoms with Crippen molar-refractivity contribution in [3.8, 4) is 0 Å². The molecule has 0 aliphatic heterocycles. The van der Waals surface area contributed by atoms with Crippen LogP contribution < -0.4 is 4.90 Å². The summed E-state index contributed by atoms with van der Waals surface area (Å²) < 4.78 is 0. The van der Waals surface area contributed by atoms with Gasteiger partial charge in [0.05, 0.1) is 0 Å². The molecule has 0 amide bonds. The molecule has 4 heteroatoms. The van der Waals surface area contributed by atoms with E-state index in [2.05, 4.69) is 0 Å². The van der Waals surface area contributed by atoms with Crippen molar-refractivity contribution < 1.29 is 9.59 Å². The average molecular weight is 428 g/mol. The molecule has 0 aromatic heterocycles. The normalized spacial score (nSPS) is 11.2. The number of carbonyl (C=O) groups is 2. The third-order valence-corrected chi connectivity index (χ3v) is 5.58. The van der Waals surface area contributed by atoms with E-state index in [1.165, 1.54) is 4.90 Å². The molecule has 0 atom stereocenters. The fourth-order valence-corrected chi connectivity index (χ4v) is 3.34. The predicted molar refractivity (Wildman–Crippen MR) is 132 cm³/mol. The quantitative estimate of drug-likeness (QED) is 0.241. The number of nitrogens with zero attached hydrogens (tertiary/aromatic N) is 1. The Morgan fingerprint density at radius 2 is 1.10 bits per heavy atom. The minimum absolute atomic E-state index is 0.0931. The molecule has 3 rings (SSSR count). The minimum atomic E-state index is -0.0971. The third kappa shape index (κ3) is 6.30. The lowest BCUT2D eigenvalue weighted by molar-refractivity contribution is 0.103. The van der Waals surface area contributed by atoms with Crippen LogP contribution in [-0.2, 0) is 0 Å². The highest BCUT2D eigenvalue weighted by atomic mass is 32.2. The molecule has 0 heterocycles. The second-order valence-electron chi connectivity index (χ2n) is 7.23. The molecule has 0 saturated heterocycles. The van der Waals surface area contributed by atoms with Crippen LogP contribution in [0.15, 0.2) is 89.8 Å². The van der Waals surface area contributed by atoms with Crippen molar-refractivity contribution in [2.75, 3.05) is 25.3 Å². The van der Waals surface area contributed by atoms with Crippen molar-refractivity contribution in [3.05, 3.63) is 107 Å². The summed E-state index contributed by atoms with van der Waals surface area (Å²) in [6, 6.07) is 22.8. The number of ketones is 2. The van der Waals surface area contributed by atoms with Crippen LogP contribution in [0.5, 0.6) is 0 Å². The molecule has 0 fully saturated rings. The number of benzene rings is 3. The number of carbonyl (C=O) groups excluding carboxylic acids is 2. The molecule has 31 heavy (non-hydrogen) atoms. The van der Waals surface area contributed by atoms with Crippen molar-refractivity contribution >= 4 is 41.2 Å². The first kappa shape index (κ1) is 22.3. The first-order valence-corrected chi connectivity index (χ1v) is 11.1. The van der Waals surface area contributed by atoms with Gasteiger partial charge in [-0.1, -0.05) is 60.7 Å². The molecule has 0 radical (unpaired) electrons. The fraction of sp³-hybridized carbons (Fsp3) is 0.111. The largest absolute Gasteiger partial charge is 0.378 e. The Hall–Kier alpha value is -3.37. The van der Waals surface area contributed by atoms with Crippen LogP contribution in [0.25, 0.3) is 12.2 Å². The Balaban J connectivity index is 1.62. The van der Waals surface area contributed by atoms with E-state index in [0.717, 1.165) is 16.8 Å². The van der Waals surface area contributed by atoms with Crippen LogP contribution in [0.3, 0.4) is 0 Å². The molecule has 0 aliphatic rings. The zero-order chi connectivity index (χ0) is 22.2. The first-order valence-electron chi connectivity index (χ1n) is 9.92. The van der Waals surface area contributed by atoms with Gasteiger partial charge < -0.3 is 4.90 Å². The highest BCUT2D eigenvalue weighted by molar-refractivity contribution is 7.98. The molecular formula is C27H25NO2S. The summed E-state index contributed by atoms with van der Waals surface area (Å²) in [5.74, 6) is -0.190. The van der Waals surface area contributed by atoms with Crippen LogP contribution in [-0.4, -0.2) is 31.9 Å². The van der Waals surface area contributed by atoms with Crippen LogP contribution in [0, 0.1) is 0 Å². The van der Waals surface area contributed by atoms with Crippen molar-refractivity contribution in [3.63, 3.8) is 0 Å². The van der Waals surface area contributed by atoms with Crippen LogP contribution in [0.2, 0.25) is 0 Å². The zero-order valence-corrected chi connectivity index (χ0v) is 18.7. The Morgan fingerprint density at radius 1 is 0.677 bits per heavy atom. The summed E-state index contributed by atoms with van der Waals surface area (Å²) in [6.45, 7) is 0. The maximum atomic E-state index is 12.4. The predicted octanol–water partition coefficient (Wildman–Crippen LogP) is 6.27. The van der Waals surface area contributed by atoms with Gasteiger partial charge >= 0.3 is 0 Å². The van der Waals surface area contributed by atoms with Gasteiger partial charge in [0.1, 0.15) is 0 Å². The van der Waals surface area contributed by atoms with Gasteiger partial charge in [-0.3, -0.25) is 9.59 Å². The molecule has 3 aromatic rings. The monoisotopic (exact) mass is 427 g/mol. The Morgan fingerprint density at radius 3 is 1.48 bits per heavy atom. The topological polar surface area (TPSA) is 37.4 Å². The molecule has 3 nitrogen and oxygen atoms in total. The Labute approximate surface area is 188 Å². The molecule has 0 N–H and O–H groups in total. The molecule has 156 valence electrons. The average Bonchev–Trinajstić information content (AvgIpc) is 2.81. The van der Waals surface area contributed by atoms with E-state index < -0.39 is 0 Å². The standard InChI is InChI=1S/C27H25NO2S/c1-28(2)24-14-4-20(5-15-24)8-18-26(29)22-10-12-23(13-11-22)27(30)19-9-21-6-16-25(31-3)17-7-21/h4-19H,1-3H3/b18-8+,19-9+. The van der Waals surface area contributed by atoms with Crippen molar-refractivity contribution in [2.45, 2.75) is 4.90 Å². The molecular weight excluding hydrogens is 402 g/mol. The fourth-order valence-electron chi connectivity index (χ4n) is 2.93. The van der Waals surface area contributed by atoms with E-state index in [4.69, 9.17) is 0 Å². The number of anilines is 1. The van der Waals surface area contributed by atoms with E-state index in [-0.39, 0.29) is 11.6 Å². The summed E-state index contributed by atoms with van der Waals surface area (Å²) in [4.78, 5) is 28.1. The molecule has 3 aromatic carbocycles. The van der Waals surface area contributed by atoms with Gasteiger partial charge in [0.15, 0.2) is 11.6 Å². The second-order valence-corrected chi connectivity index (χ2v) is 8.11. The zero-order valence-electron chi connectivity index (χ0n) is 17.9. The molecule has 0 unspecified atom stereocenters. The number of allylic oxidation sites excluding steroid dienone is 2. The molecule has 0 saturated carbocycles. The van der Waals surface area contributed by atoms with Crippen LogP contribution in [0.1, 0.15) is 31.8 Å². The Kier molecular flexibility index (Phi) is 7.63. The number of thioether (sulfide) groups is 1. The van der Waals surface area contributed by atoms with E-state index in [1.807, 2.05) is 73.8 Å². The summed E-state index contributed by atoms with van der Waals surface area (Å²) in [5, 5.41) is 0. The minimum Gasteiger partial charge on any atom is -0.378 e. The van der Waals surface area contributed by atoms with E-state index in [0.29, 0.717) is 11.1 Å². The lowest BCUT2D eigenvalue weighted by atomic mass is 10.0. The van der Waals surface area contributed by atoms with Crippen molar-refractivity contribution in [2.24, 2.45) is 0 Å².